The van der Waals surface area contributed by atoms with Gasteiger partial charge in [0.15, 0.2) is 5.82 Å². The molecule has 1 aliphatic rings. The lowest BCUT2D eigenvalue weighted by Gasteiger charge is -2.17. The molecule has 1 aromatic carbocycles. The number of hydrogen-bond donors (Lipinski definition) is 1. The highest BCUT2D eigenvalue weighted by Gasteiger charge is 2.23. The van der Waals surface area contributed by atoms with E-state index in [1.807, 2.05) is 19.9 Å². The predicted molar refractivity (Wildman–Crippen MR) is 116 cm³/mol. The Morgan fingerprint density at radius 3 is 2.71 bits per heavy atom. The molecule has 1 aliphatic carbocycles. The van der Waals surface area contributed by atoms with Gasteiger partial charge in [-0.2, -0.15) is 5.26 Å². The highest BCUT2D eigenvalue weighted by atomic mass is 32.1. The molecule has 0 amide bonds. The molecular weight excluding hydrogens is 366 g/mol. The minimum absolute atomic E-state index is 0.134. The molecule has 1 N–H and O–H groups in total. The van der Waals surface area contributed by atoms with Crippen LogP contribution in [0.1, 0.15) is 51.9 Å². The van der Waals surface area contributed by atoms with E-state index in [1.165, 1.54) is 10.4 Å². The van der Waals surface area contributed by atoms with Crippen molar-refractivity contribution in [2.24, 2.45) is 5.92 Å². The number of aryl methyl sites for hydroxylation is 4. The molecule has 4 rings (SSSR count). The lowest BCUT2D eigenvalue weighted by atomic mass is 9.89. The van der Waals surface area contributed by atoms with E-state index in [1.54, 1.807) is 11.3 Å². The van der Waals surface area contributed by atoms with Crippen molar-refractivity contribution in [2.45, 2.75) is 47.0 Å². The number of nitrogens with zero attached hydrogens (tertiary/aromatic N) is 2. The van der Waals surface area contributed by atoms with Crippen LogP contribution in [0.4, 0.5) is 0 Å². The molecule has 0 bridgehead atoms. The summed E-state index contributed by atoms with van der Waals surface area (Å²) in [7, 11) is 0. The van der Waals surface area contributed by atoms with Crippen molar-refractivity contribution >= 4 is 33.2 Å². The summed E-state index contributed by atoms with van der Waals surface area (Å²) in [5, 5.41) is 10.5. The van der Waals surface area contributed by atoms with Crippen LogP contribution in [-0.2, 0) is 12.8 Å². The normalized spacial score (nSPS) is 16.8. The molecule has 0 saturated heterocycles. The number of H-pyrrole nitrogens is 1. The molecule has 4 nitrogen and oxygen atoms in total. The van der Waals surface area contributed by atoms with Crippen molar-refractivity contribution in [3.63, 3.8) is 0 Å². The van der Waals surface area contributed by atoms with E-state index in [9.17, 15) is 10.1 Å². The van der Waals surface area contributed by atoms with Gasteiger partial charge in [0.25, 0.3) is 5.56 Å². The molecule has 0 spiro atoms. The topological polar surface area (TPSA) is 69.5 Å². The van der Waals surface area contributed by atoms with Gasteiger partial charge >= 0.3 is 0 Å². The first-order valence-corrected chi connectivity index (χ1v) is 10.4. The number of nitrogens with one attached hydrogen (secondary N) is 1. The van der Waals surface area contributed by atoms with E-state index in [-0.39, 0.29) is 5.56 Å². The molecule has 28 heavy (non-hydrogen) atoms. The molecule has 2 heterocycles. The Hall–Kier alpha value is -2.71. The van der Waals surface area contributed by atoms with Gasteiger partial charge < -0.3 is 4.98 Å². The maximum atomic E-state index is 12.8. The van der Waals surface area contributed by atoms with Gasteiger partial charge in [0.1, 0.15) is 10.9 Å². The summed E-state index contributed by atoms with van der Waals surface area (Å²) in [4.78, 5) is 22.4. The Bertz CT molecular complexity index is 1200. The van der Waals surface area contributed by atoms with Crippen molar-refractivity contribution in [3.05, 3.63) is 61.0 Å². The third-order valence-corrected chi connectivity index (χ3v) is 6.72. The molecule has 0 radical (unpaired) electrons. The van der Waals surface area contributed by atoms with Crippen LogP contribution in [0.3, 0.4) is 0 Å². The van der Waals surface area contributed by atoms with Gasteiger partial charge in [-0.1, -0.05) is 24.6 Å². The molecule has 5 heteroatoms. The van der Waals surface area contributed by atoms with Gasteiger partial charge in [-0.3, -0.25) is 4.79 Å². The minimum Gasteiger partial charge on any atom is -0.305 e. The van der Waals surface area contributed by atoms with Crippen LogP contribution in [0.25, 0.3) is 21.9 Å². The van der Waals surface area contributed by atoms with Crippen molar-refractivity contribution in [1.82, 2.24) is 9.97 Å². The summed E-state index contributed by atoms with van der Waals surface area (Å²) in [5.74, 6) is 0.993. The van der Waals surface area contributed by atoms with Crippen LogP contribution in [0.15, 0.2) is 16.9 Å². The average Bonchev–Trinajstić information content (AvgIpc) is 2.98. The largest absolute Gasteiger partial charge is 0.305 e. The monoisotopic (exact) mass is 389 g/mol. The number of nitriles is 1. The predicted octanol–water partition coefficient (Wildman–Crippen LogP) is 5.10. The Kier molecular flexibility index (Phi) is 4.68. The van der Waals surface area contributed by atoms with E-state index in [4.69, 9.17) is 0 Å². The van der Waals surface area contributed by atoms with Crippen molar-refractivity contribution in [1.29, 1.82) is 5.26 Å². The lowest BCUT2D eigenvalue weighted by molar-refractivity contribution is 0.509. The quantitative estimate of drug-likeness (QED) is 0.620. The number of benzene rings is 1. The summed E-state index contributed by atoms with van der Waals surface area (Å²) < 4.78 is 0. The standard InChI is InChI=1S/C23H23N3OS/c1-12-5-6-17-19(9-12)28-23-20(17)22(27)25-21(26-23)16(11-24)10-18-14(3)7-13(2)8-15(18)4/h7-8,10,12H,5-6,9H2,1-4H3,(H,25,26,27)/b16-10+/t12-/m1/s1. The van der Waals surface area contributed by atoms with Gasteiger partial charge in [-0.05, 0) is 74.3 Å². The molecule has 0 saturated carbocycles. The molecule has 1 atom stereocenters. The third kappa shape index (κ3) is 3.18. The summed E-state index contributed by atoms with van der Waals surface area (Å²) in [6.07, 6.45) is 4.89. The highest BCUT2D eigenvalue weighted by Crippen LogP contribution is 2.36. The Labute approximate surface area is 168 Å². The maximum Gasteiger partial charge on any atom is 0.260 e. The van der Waals surface area contributed by atoms with E-state index < -0.39 is 0 Å². The molecule has 0 fully saturated rings. The summed E-state index contributed by atoms with van der Waals surface area (Å²) >= 11 is 1.61. The van der Waals surface area contributed by atoms with Gasteiger partial charge in [0, 0.05) is 4.88 Å². The van der Waals surface area contributed by atoms with E-state index >= 15 is 0 Å². The molecule has 142 valence electrons. The lowest BCUT2D eigenvalue weighted by Crippen LogP contribution is -2.14. The Morgan fingerprint density at radius 2 is 2.04 bits per heavy atom. The second-order valence-electron chi connectivity index (χ2n) is 7.93. The zero-order valence-electron chi connectivity index (χ0n) is 16.6. The first-order chi connectivity index (χ1) is 13.4. The van der Waals surface area contributed by atoms with Crippen LogP contribution in [-0.4, -0.2) is 9.97 Å². The number of fused-ring (bicyclic) bond motifs is 3. The highest BCUT2D eigenvalue weighted by molar-refractivity contribution is 7.18. The molecular formula is C23H23N3OS. The van der Waals surface area contributed by atoms with Gasteiger partial charge in [-0.25, -0.2) is 4.98 Å². The van der Waals surface area contributed by atoms with Gasteiger partial charge in [-0.15, -0.1) is 11.3 Å². The Morgan fingerprint density at radius 1 is 1.32 bits per heavy atom. The van der Waals surface area contributed by atoms with E-state index in [0.29, 0.717) is 17.3 Å². The van der Waals surface area contributed by atoms with Crippen LogP contribution < -0.4 is 5.56 Å². The number of rotatable bonds is 2. The molecule has 0 aliphatic heterocycles. The average molecular weight is 390 g/mol. The van der Waals surface area contributed by atoms with E-state index in [0.717, 1.165) is 51.7 Å². The van der Waals surface area contributed by atoms with Crippen molar-refractivity contribution in [2.75, 3.05) is 0 Å². The second kappa shape index (κ2) is 7.03. The van der Waals surface area contributed by atoms with Crippen molar-refractivity contribution < 1.29 is 0 Å². The molecule has 2 aromatic heterocycles. The summed E-state index contributed by atoms with van der Waals surface area (Å²) in [6, 6.07) is 6.43. The van der Waals surface area contributed by atoms with Gasteiger partial charge in [0.2, 0.25) is 0 Å². The number of thiophene rings is 1. The molecule has 0 unspecified atom stereocenters. The van der Waals surface area contributed by atoms with Crippen LogP contribution in [0, 0.1) is 38.0 Å². The Balaban J connectivity index is 1.86. The smallest absolute Gasteiger partial charge is 0.260 e. The minimum atomic E-state index is -0.134. The molecule has 3 aromatic rings. The van der Waals surface area contributed by atoms with Crippen LogP contribution in [0.5, 0.6) is 0 Å². The summed E-state index contributed by atoms with van der Waals surface area (Å²) in [5.41, 5.74) is 5.81. The van der Waals surface area contributed by atoms with E-state index in [2.05, 4.69) is 42.0 Å². The third-order valence-electron chi connectivity index (χ3n) is 5.57. The number of aromatic amines is 1. The maximum absolute atomic E-state index is 12.8. The first kappa shape index (κ1) is 18.6. The van der Waals surface area contributed by atoms with Crippen LogP contribution in [0.2, 0.25) is 0 Å². The number of aromatic nitrogens is 2. The first-order valence-electron chi connectivity index (χ1n) is 9.62. The zero-order chi connectivity index (χ0) is 20.0. The van der Waals surface area contributed by atoms with Gasteiger partial charge in [0.05, 0.1) is 11.0 Å². The zero-order valence-corrected chi connectivity index (χ0v) is 17.5. The second-order valence-corrected chi connectivity index (χ2v) is 9.01. The fraction of sp³-hybridized carbons (Fsp3) is 0.348. The number of allylic oxidation sites excluding steroid dienone is 1. The van der Waals surface area contributed by atoms with Crippen molar-refractivity contribution in [3.8, 4) is 6.07 Å². The van der Waals surface area contributed by atoms with Crippen LogP contribution >= 0.6 is 11.3 Å². The fourth-order valence-corrected chi connectivity index (χ4v) is 5.58. The fourth-order valence-electron chi connectivity index (χ4n) is 4.19. The number of hydrogen-bond acceptors (Lipinski definition) is 4. The summed E-state index contributed by atoms with van der Waals surface area (Å²) in [6.45, 7) is 8.38. The SMILES string of the molecule is Cc1cc(C)c(/C=C(\C#N)c2nc3sc4c(c3c(=O)[nH]2)CC[C@@H](C)C4)c(C)c1.